The number of hydrogen-bond donors (Lipinski definition) is 1. The molecule has 108 valence electrons. The molecule has 5 heteroatoms. The normalized spacial score (nSPS) is 11.8. The largest absolute Gasteiger partial charge is 0.310 e. The van der Waals surface area contributed by atoms with Crippen LogP contribution in [0.5, 0.6) is 0 Å². The van der Waals surface area contributed by atoms with E-state index in [-0.39, 0.29) is 5.41 Å². The lowest BCUT2D eigenvalue weighted by Gasteiger charge is -2.22. The van der Waals surface area contributed by atoms with Gasteiger partial charge in [-0.15, -0.1) is 5.10 Å². The zero-order valence-corrected chi connectivity index (χ0v) is 12.7. The van der Waals surface area contributed by atoms with E-state index in [4.69, 9.17) is 0 Å². The molecule has 0 amide bonds. The summed E-state index contributed by atoms with van der Waals surface area (Å²) >= 11 is 0. The quantitative estimate of drug-likeness (QED) is 0.850. The summed E-state index contributed by atoms with van der Waals surface area (Å²) in [5.41, 5.74) is 2.35. The van der Waals surface area contributed by atoms with Gasteiger partial charge in [-0.2, -0.15) is 4.68 Å². The van der Waals surface area contributed by atoms with Crippen LogP contribution in [0.25, 0.3) is 5.69 Å². The lowest BCUT2D eigenvalue weighted by atomic mass is 9.86. The minimum atomic E-state index is 0.0522. The van der Waals surface area contributed by atoms with Gasteiger partial charge in [0, 0.05) is 0 Å². The highest BCUT2D eigenvalue weighted by Crippen LogP contribution is 2.28. The second kappa shape index (κ2) is 6.13. The van der Waals surface area contributed by atoms with Crippen molar-refractivity contribution in [2.24, 2.45) is 0 Å². The molecule has 0 saturated carbocycles. The molecule has 0 fully saturated rings. The van der Waals surface area contributed by atoms with Crippen LogP contribution < -0.4 is 5.32 Å². The third-order valence-corrected chi connectivity index (χ3v) is 3.18. The molecule has 0 saturated heterocycles. The Morgan fingerprint density at radius 2 is 1.95 bits per heavy atom. The maximum absolute atomic E-state index is 4.15. The number of aromatic nitrogens is 4. The topological polar surface area (TPSA) is 55.6 Å². The van der Waals surface area contributed by atoms with Crippen molar-refractivity contribution in [2.45, 2.75) is 46.1 Å². The second-order valence-electron chi connectivity index (χ2n) is 5.95. The maximum atomic E-state index is 4.15. The number of tetrazole rings is 1. The van der Waals surface area contributed by atoms with E-state index in [1.165, 1.54) is 5.56 Å². The highest BCUT2D eigenvalue weighted by Gasteiger charge is 2.20. The Hall–Kier alpha value is -1.75. The van der Waals surface area contributed by atoms with Crippen molar-refractivity contribution in [1.29, 1.82) is 0 Å². The molecule has 1 aromatic heterocycles. The fourth-order valence-electron chi connectivity index (χ4n) is 2.17. The van der Waals surface area contributed by atoms with Crippen molar-refractivity contribution < 1.29 is 0 Å². The second-order valence-corrected chi connectivity index (χ2v) is 5.95. The Morgan fingerprint density at radius 1 is 1.20 bits per heavy atom. The number of nitrogens with zero attached hydrogens (tertiary/aromatic N) is 4. The van der Waals surface area contributed by atoms with E-state index in [2.05, 4.69) is 66.7 Å². The molecule has 2 rings (SSSR count). The summed E-state index contributed by atoms with van der Waals surface area (Å²) in [5, 5.41) is 15.4. The van der Waals surface area contributed by atoms with Crippen molar-refractivity contribution in [3.05, 3.63) is 35.7 Å². The molecule has 2 aromatic rings. The molecule has 1 heterocycles. The molecule has 0 aliphatic heterocycles. The van der Waals surface area contributed by atoms with Gasteiger partial charge in [0.1, 0.15) is 0 Å². The highest BCUT2D eigenvalue weighted by molar-refractivity contribution is 5.44. The zero-order chi connectivity index (χ0) is 14.6. The van der Waals surface area contributed by atoms with E-state index < -0.39 is 0 Å². The first-order valence-corrected chi connectivity index (χ1v) is 7.12. The van der Waals surface area contributed by atoms with Gasteiger partial charge in [-0.25, -0.2) is 0 Å². The van der Waals surface area contributed by atoms with E-state index in [0.29, 0.717) is 6.54 Å². The first-order chi connectivity index (χ1) is 9.54. The lowest BCUT2D eigenvalue weighted by Crippen LogP contribution is -2.20. The van der Waals surface area contributed by atoms with Gasteiger partial charge in [0.2, 0.25) is 0 Å². The van der Waals surface area contributed by atoms with Crippen LogP contribution in [0.1, 0.15) is 45.5 Å². The number of nitrogens with one attached hydrogen (secondary N) is 1. The van der Waals surface area contributed by atoms with Crippen molar-refractivity contribution in [3.8, 4) is 5.69 Å². The van der Waals surface area contributed by atoms with Crippen LogP contribution in [-0.2, 0) is 12.0 Å². The van der Waals surface area contributed by atoms with Crippen LogP contribution in [0, 0.1) is 0 Å². The maximum Gasteiger partial charge on any atom is 0.170 e. The zero-order valence-electron chi connectivity index (χ0n) is 12.7. The van der Waals surface area contributed by atoms with Crippen molar-refractivity contribution in [3.63, 3.8) is 0 Å². The number of rotatable bonds is 5. The van der Waals surface area contributed by atoms with Crippen LogP contribution in [-0.4, -0.2) is 26.8 Å². The molecule has 0 radical (unpaired) electrons. The Balaban J connectivity index is 2.35. The van der Waals surface area contributed by atoms with Gasteiger partial charge in [0.25, 0.3) is 0 Å². The van der Waals surface area contributed by atoms with Crippen LogP contribution >= 0.6 is 0 Å². The standard InChI is InChI=1S/C15H23N5/c1-5-10-16-11-14-17-18-19-20(14)13-9-7-6-8-12(13)15(2,3)4/h6-9,16H,5,10-11H2,1-4H3. The Bertz CT molecular complexity index is 553. The molecule has 1 aromatic carbocycles. The van der Waals surface area contributed by atoms with Crippen LogP contribution in [0.3, 0.4) is 0 Å². The van der Waals surface area contributed by atoms with E-state index in [0.717, 1.165) is 24.5 Å². The summed E-state index contributed by atoms with van der Waals surface area (Å²) in [6.07, 6.45) is 1.10. The number of para-hydroxylation sites is 1. The number of hydrogen-bond acceptors (Lipinski definition) is 4. The first kappa shape index (κ1) is 14.7. The minimum Gasteiger partial charge on any atom is -0.310 e. The Labute approximate surface area is 120 Å². The predicted molar refractivity (Wildman–Crippen MR) is 79.9 cm³/mol. The molecule has 0 atom stereocenters. The van der Waals surface area contributed by atoms with E-state index in [1.807, 2.05) is 10.7 Å². The molecule has 20 heavy (non-hydrogen) atoms. The average molecular weight is 273 g/mol. The minimum absolute atomic E-state index is 0.0522. The van der Waals surface area contributed by atoms with Gasteiger partial charge in [0.15, 0.2) is 5.82 Å². The molecule has 0 aliphatic carbocycles. The van der Waals surface area contributed by atoms with Crippen molar-refractivity contribution in [2.75, 3.05) is 6.54 Å². The summed E-state index contributed by atoms with van der Waals surface area (Å²) in [5.74, 6) is 0.843. The molecule has 1 N–H and O–H groups in total. The molecule has 5 nitrogen and oxygen atoms in total. The lowest BCUT2D eigenvalue weighted by molar-refractivity contribution is 0.576. The van der Waals surface area contributed by atoms with Gasteiger partial charge < -0.3 is 5.32 Å². The smallest absolute Gasteiger partial charge is 0.170 e. The molecule has 0 aliphatic rings. The van der Waals surface area contributed by atoms with Crippen LogP contribution in [0.2, 0.25) is 0 Å². The Kier molecular flexibility index (Phi) is 4.49. The fraction of sp³-hybridized carbons (Fsp3) is 0.533. The molecular weight excluding hydrogens is 250 g/mol. The van der Waals surface area contributed by atoms with E-state index in [1.54, 1.807) is 0 Å². The Morgan fingerprint density at radius 3 is 2.65 bits per heavy atom. The van der Waals surface area contributed by atoms with Gasteiger partial charge in [-0.3, -0.25) is 0 Å². The fourth-order valence-corrected chi connectivity index (χ4v) is 2.17. The molecule has 0 unspecified atom stereocenters. The summed E-state index contributed by atoms with van der Waals surface area (Å²) < 4.78 is 1.84. The van der Waals surface area contributed by atoms with E-state index >= 15 is 0 Å². The average Bonchev–Trinajstić information content (AvgIpc) is 2.86. The van der Waals surface area contributed by atoms with Gasteiger partial charge in [-0.05, 0) is 40.4 Å². The van der Waals surface area contributed by atoms with E-state index in [9.17, 15) is 0 Å². The van der Waals surface area contributed by atoms with Crippen LogP contribution in [0.15, 0.2) is 24.3 Å². The predicted octanol–water partition coefficient (Wildman–Crippen LogP) is 2.46. The third-order valence-electron chi connectivity index (χ3n) is 3.18. The first-order valence-electron chi connectivity index (χ1n) is 7.12. The monoisotopic (exact) mass is 273 g/mol. The summed E-state index contributed by atoms with van der Waals surface area (Å²) in [7, 11) is 0. The highest BCUT2D eigenvalue weighted by atomic mass is 15.5. The van der Waals surface area contributed by atoms with Crippen molar-refractivity contribution in [1.82, 2.24) is 25.5 Å². The molecular formula is C15H23N5. The summed E-state index contributed by atoms with van der Waals surface area (Å²) in [6, 6.07) is 8.29. The SMILES string of the molecule is CCCNCc1nnnn1-c1ccccc1C(C)(C)C. The number of benzene rings is 1. The van der Waals surface area contributed by atoms with Crippen molar-refractivity contribution >= 4 is 0 Å². The van der Waals surface area contributed by atoms with Gasteiger partial charge in [0.05, 0.1) is 12.2 Å². The van der Waals surface area contributed by atoms with Crippen LogP contribution in [0.4, 0.5) is 0 Å². The summed E-state index contributed by atoms with van der Waals surface area (Å²) in [4.78, 5) is 0. The summed E-state index contributed by atoms with van der Waals surface area (Å²) in [6.45, 7) is 10.4. The molecule has 0 spiro atoms. The third kappa shape index (κ3) is 3.22. The molecule has 0 bridgehead atoms. The van der Waals surface area contributed by atoms with Gasteiger partial charge in [-0.1, -0.05) is 45.9 Å². The van der Waals surface area contributed by atoms with Gasteiger partial charge >= 0.3 is 0 Å².